The summed E-state index contributed by atoms with van der Waals surface area (Å²) in [5.41, 5.74) is 8.15. The third kappa shape index (κ3) is 2.83. The van der Waals surface area contributed by atoms with E-state index in [1.807, 2.05) is 13.8 Å². The van der Waals surface area contributed by atoms with Crippen LogP contribution in [0.1, 0.15) is 44.2 Å². The quantitative estimate of drug-likeness (QED) is 0.842. The molecular weight excluding hydrogens is 272 g/mol. The second-order valence-electron chi connectivity index (χ2n) is 6.53. The molecule has 0 aromatic heterocycles. The average molecular weight is 296 g/mol. The van der Waals surface area contributed by atoms with Crippen molar-refractivity contribution in [1.29, 1.82) is 0 Å². The van der Waals surface area contributed by atoms with Crippen LogP contribution in [0.2, 0.25) is 0 Å². The third-order valence-corrected chi connectivity index (χ3v) is 6.00. The molecule has 3 N–H and O–H groups in total. The Morgan fingerprint density at radius 3 is 2.40 bits per heavy atom. The summed E-state index contributed by atoms with van der Waals surface area (Å²) < 4.78 is 28.0. The lowest BCUT2D eigenvalue weighted by molar-refractivity contribution is 0.313. The van der Waals surface area contributed by atoms with Crippen molar-refractivity contribution in [2.24, 2.45) is 5.41 Å². The van der Waals surface area contributed by atoms with Gasteiger partial charge in [0.1, 0.15) is 4.90 Å². The maximum atomic E-state index is 12.6. The fourth-order valence-electron chi connectivity index (χ4n) is 2.84. The maximum Gasteiger partial charge on any atom is 0.242 e. The predicted molar refractivity (Wildman–Crippen MR) is 82.1 cm³/mol. The van der Waals surface area contributed by atoms with Gasteiger partial charge in [0.2, 0.25) is 10.0 Å². The van der Waals surface area contributed by atoms with Gasteiger partial charge in [-0.25, -0.2) is 13.1 Å². The molecular formula is C15H24N2O2S. The molecule has 20 heavy (non-hydrogen) atoms. The van der Waals surface area contributed by atoms with Crippen LogP contribution in [-0.4, -0.2) is 14.5 Å². The molecule has 0 bridgehead atoms. The molecule has 1 aromatic carbocycles. The Balaban J connectivity index is 2.34. The molecule has 1 unspecified atom stereocenters. The number of hydrogen-bond acceptors (Lipinski definition) is 3. The van der Waals surface area contributed by atoms with Crippen molar-refractivity contribution in [3.8, 4) is 0 Å². The van der Waals surface area contributed by atoms with Gasteiger partial charge in [0.25, 0.3) is 0 Å². The zero-order chi connectivity index (χ0) is 15.1. The maximum absolute atomic E-state index is 12.6. The SMILES string of the molecule is Cc1cc(N)c(S(=O)(=O)NC2CCCC2(C)C)cc1C. The van der Waals surface area contributed by atoms with E-state index in [4.69, 9.17) is 5.73 Å². The molecule has 1 aliphatic rings. The molecule has 1 fully saturated rings. The van der Waals surface area contributed by atoms with Crippen LogP contribution in [0.15, 0.2) is 17.0 Å². The van der Waals surface area contributed by atoms with Crippen LogP contribution in [0.5, 0.6) is 0 Å². The summed E-state index contributed by atoms with van der Waals surface area (Å²) >= 11 is 0. The van der Waals surface area contributed by atoms with E-state index in [9.17, 15) is 8.42 Å². The molecule has 0 spiro atoms. The number of nitrogen functional groups attached to an aromatic ring is 1. The summed E-state index contributed by atoms with van der Waals surface area (Å²) in [5, 5.41) is 0. The van der Waals surface area contributed by atoms with E-state index in [2.05, 4.69) is 18.6 Å². The van der Waals surface area contributed by atoms with E-state index < -0.39 is 10.0 Å². The van der Waals surface area contributed by atoms with Crippen molar-refractivity contribution >= 4 is 15.7 Å². The molecule has 4 nitrogen and oxygen atoms in total. The highest BCUT2D eigenvalue weighted by Crippen LogP contribution is 2.38. The number of nitrogens with two attached hydrogens (primary N) is 1. The number of anilines is 1. The number of aryl methyl sites for hydroxylation is 2. The monoisotopic (exact) mass is 296 g/mol. The lowest BCUT2D eigenvalue weighted by Gasteiger charge is -2.27. The van der Waals surface area contributed by atoms with Gasteiger partial charge >= 0.3 is 0 Å². The summed E-state index contributed by atoms with van der Waals surface area (Å²) in [7, 11) is -3.56. The molecule has 0 saturated heterocycles. The van der Waals surface area contributed by atoms with E-state index in [0.717, 1.165) is 30.4 Å². The van der Waals surface area contributed by atoms with Crippen molar-refractivity contribution in [3.63, 3.8) is 0 Å². The number of benzene rings is 1. The first-order valence-electron chi connectivity index (χ1n) is 7.02. The minimum absolute atomic E-state index is 0.00156. The fourth-order valence-corrected chi connectivity index (χ4v) is 4.48. The molecule has 112 valence electrons. The largest absolute Gasteiger partial charge is 0.398 e. The zero-order valence-corrected chi connectivity index (χ0v) is 13.5. The first-order valence-corrected chi connectivity index (χ1v) is 8.51. The van der Waals surface area contributed by atoms with Crippen LogP contribution < -0.4 is 10.5 Å². The Morgan fingerprint density at radius 1 is 1.25 bits per heavy atom. The van der Waals surface area contributed by atoms with Gasteiger partial charge in [-0.2, -0.15) is 0 Å². The first-order chi connectivity index (χ1) is 9.13. The first kappa shape index (κ1) is 15.3. The van der Waals surface area contributed by atoms with Gasteiger partial charge in [0, 0.05) is 6.04 Å². The van der Waals surface area contributed by atoms with Crippen molar-refractivity contribution in [2.75, 3.05) is 5.73 Å². The highest BCUT2D eigenvalue weighted by molar-refractivity contribution is 7.89. The Bertz CT molecular complexity index is 621. The Kier molecular flexibility index (Phi) is 3.86. The van der Waals surface area contributed by atoms with Crippen molar-refractivity contribution in [3.05, 3.63) is 23.3 Å². The number of sulfonamides is 1. The summed E-state index contributed by atoms with van der Waals surface area (Å²) in [6.07, 6.45) is 2.99. The van der Waals surface area contributed by atoms with Crippen LogP contribution in [0.3, 0.4) is 0 Å². The highest BCUT2D eigenvalue weighted by atomic mass is 32.2. The topological polar surface area (TPSA) is 72.2 Å². The minimum atomic E-state index is -3.56. The van der Waals surface area contributed by atoms with Crippen LogP contribution in [0, 0.1) is 19.3 Å². The van der Waals surface area contributed by atoms with E-state index in [1.165, 1.54) is 0 Å². The second kappa shape index (κ2) is 5.04. The summed E-state index contributed by atoms with van der Waals surface area (Å²) in [5.74, 6) is 0. The van der Waals surface area contributed by atoms with Gasteiger partial charge in [0.15, 0.2) is 0 Å². The molecule has 5 heteroatoms. The van der Waals surface area contributed by atoms with Crippen LogP contribution in [-0.2, 0) is 10.0 Å². The summed E-state index contributed by atoms with van der Waals surface area (Å²) in [6, 6.07) is 3.37. The standard InChI is InChI=1S/C15H24N2O2S/c1-10-8-12(16)13(9-11(10)2)20(18,19)17-14-6-5-7-15(14,3)4/h8-9,14,17H,5-7,16H2,1-4H3. The molecule has 0 amide bonds. The van der Waals surface area contributed by atoms with Crippen LogP contribution >= 0.6 is 0 Å². The normalized spacial score (nSPS) is 22.1. The third-order valence-electron chi connectivity index (χ3n) is 4.47. The molecule has 0 heterocycles. The van der Waals surface area contributed by atoms with Gasteiger partial charge in [-0.3, -0.25) is 0 Å². The number of hydrogen-bond donors (Lipinski definition) is 2. The molecule has 1 aliphatic carbocycles. The average Bonchev–Trinajstić information content (AvgIpc) is 2.62. The molecule has 1 saturated carbocycles. The predicted octanol–water partition coefficient (Wildman–Crippen LogP) is 2.74. The van der Waals surface area contributed by atoms with Crippen molar-refractivity contribution in [2.45, 2.75) is 57.9 Å². The fraction of sp³-hybridized carbons (Fsp3) is 0.600. The van der Waals surface area contributed by atoms with Crippen molar-refractivity contribution in [1.82, 2.24) is 4.72 Å². The van der Waals surface area contributed by atoms with Gasteiger partial charge in [0.05, 0.1) is 5.69 Å². The van der Waals surface area contributed by atoms with Gasteiger partial charge in [-0.1, -0.05) is 20.3 Å². The van der Waals surface area contributed by atoms with E-state index in [-0.39, 0.29) is 16.4 Å². The van der Waals surface area contributed by atoms with E-state index in [1.54, 1.807) is 12.1 Å². The highest BCUT2D eigenvalue weighted by Gasteiger charge is 2.37. The van der Waals surface area contributed by atoms with Gasteiger partial charge in [-0.15, -0.1) is 0 Å². The van der Waals surface area contributed by atoms with Gasteiger partial charge < -0.3 is 5.73 Å². The number of nitrogens with one attached hydrogen (secondary N) is 1. The van der Waals surface area contributed by atoms with Crippen LogP contribution in [0.4, 0.5) is 5.69 Å². The second-order valence-corrected chi connectivity index (χ2v) is 8.21. The molecule has 1 aromatic rings. The van der Waals surface area contributed by atoms with E-state index in [0.29, 0.717) is 5.69 Å². The zero-order valence-electron chi connectivity index (χ0n) is 12.7. The Labute approximate surface area is 121 Å². The summed E-state index contributed by atoms with van der Waals surface area (Å²) in [4.78, 5) is 0.198. The smallest absolute Gasteiger partial charge is 0.242 e. The van der Waals surface area contributed by atoms with Gasteiger partial charge in [-0.05, 0) is 55.4 Å². The Morgan fingerprint density at radius 2 is 1.85 bits per heavy atom. The Hall–Kier alpha value is -1.07. The summed E-state index contributed by atoms with van der Waals surface area (Å²) in [6.45, 7) is 8.04. The molecule has 2 rings (SSSR count). The number of rotatable bonds is 3. The molecule has 0 radical (unpaired) electrons. The lowest BCUT2D eigenvalue weighted by atomic mass is 9.88. The van der Waals surface area contributed by atoms with Crippen molar-refractivity contribution < 1.29 is 8.42 Å². The molecule has 1 atom stereocenters. The minimum Gasteiger partial charge on any atom is -0.398 e. The lowest BCUT2D eigenvalue weighted by Crippen LogP contribution is -2.41. The molecule has 0 aliphatic heterocycles. The van der Waals surface area contributed by atoms with E-state index >= 15 is 0 Å². The van der Waals surface area contributed by atoms with Crippen LogP contribution in [0.25, 0.3) is 0 Å².